The largest absolute Gasteiger partial charge is 0.452 e. The van der Waals surface area contributed by atoms with Gasteiger partial charge in [-0.3, -0.25) is 19.8 Å². The Hall–Kier alpha value is -2.90. The minimum atomic E-state index is -0.686. The first-order valence-corrected chi connectivity index (χ1v) is 8.26. The fourth-order valence-electron chi connectivity index (χ4n) is 2.31. The van der Waals surface area contributed by atoms with E-state index in [1.807, 2.05) is 0 Å². The molecule has 26 heavy (non-hydrogen) atoms. The summed E-state index contributed by atoms with van der Waals surface area (Å²) < 4.78 is 10.1. The van der Waals surface area contributed by atoms with Crippen LogP contribution in [0.25, 0.3) is 0 Å². The second kappa shape index (κ2) is 7.99. The van der Waals surface area contributed by atoms with E-state index in [9.17, 15) is 19.2 Å². The molecule has 0 aromatic heterocycles. The summed E-state index contributed by atoms with van der Waals surface area (Å²) in [4.78, 5) is 48.1. The van der Waals surface area contributed by atoms with Crippen LogP contribution in [0.4, 0.5) is 10.5 Å². The highest BCUT2D eigenvalue weighted by atomic mass is 16.6. The van der Waals surface area contributed by atoms with Gasteiger partial charge in [-0.1, -0.05) is 0 Å². The average molecular weight is 362 g/mol. The number of nitrogens with one attached hydrogen (secondary N) is 1. The Labute approximate surface area is 151 Å². The predicted octanol–water partition coefficient (Wildman–Crippen LogP) is 2.34. The second-order valence-corrected chi connectivity index (χ2v) is 6.82. The van der Waals surface area contributed by atoms with Crippen LogP contribution in [0.1, 0.15) is 44.0 Å². The third kappa shape index (κ3) is 5.58. The number of ether oxygens (including phenoxy) is 2. The molecule has 0 aliphatic carbocycles. The van der Waals surface area contributed by atoms with E-state index in [1.165, 1.54) is 24.3 Å². The highest BCUT2D eigenvalue weighted by molar-refractivity contribution is 5.98. The van der Waals surface area contributed by atoms with Gasteiger partial charge in [-0.15, -0.1) is 0 Å². The van der Waals surface area contributed by atoms with Gasteiger partial charge in [0.05, 0.1) is 5.56 Å². The number of hydrogen-bond donors (Lipinski definition) is 1. The highest BCUT2D eigenvalue weighted by Gasteiger charge is 2.27. The van der Waals surface area contributed by atoms with Crippen LogP contribution in [0.5, 0.6) is 0 Å². The molecule has 0 unspecified atom stereocenters. The lowest BCUT2D eigenvalue weighted by Gasteiger charge is -2.19. The van der Waals surface area contributed by atoms with Crippen molar-refractivity contribution < 1.29 is 28.7 Å². The lowest BCUT2D eigenvalue weighted by molar-refractivity contribution is -0.143. The molecular weight excluding hydrogens is 340 g/mol. The first-order chi connectivity index (χ1) is 12.2. The summed E-state index contributed by atoms with van der Waals surface area (Å²) in [5, 5.41) is 2.55. The van der Waals surface area contributed by atoms with Crippen molar-refractivity contribution >= 4 is 29.6 Å². The fourth-order valence-corrected chi connectivity index (χ4v) is 2.31. The first kappa shape index (κ1) is 19.4. The van der Waals surface area contributed by atoms with Gasteiger partial charge in [0.2, 0.25) is 5.91 Å². The van der Waals surface area contributed by atoms with E-state index in [4.69, 9.17) is 9.47 Å². The summed E-state index contributed by atoms with van der Waals surface area (Å²) in [5.74, 6) is -1.46. The minimum absolute atomic E-state index is 0.222. The van der Waals surface area contributed by atoms with Gasteiger partial charge in [0.1, 0.15) is 5.60 Å². The normalized spacial score (nSPS) is 14.1. The maximum Gasteiger partial charge on any atom is 0.412 e. The molecule has 2 rings (SSSR count). The molecule has 0 radical (unpaired) electrons. The van der Waals surface area contributed by atoms with Crippen LogP contribution >= 0.6 is 0 Å². The smallest absolute Gasteiger partial charge is 0.412 e. The van der Waals surface area contributed by atoms with Crippen molar-refractivity contribution in [1.29, 1.82) is 0 Å². The molecular formula is C18H22N2O6. The Balaban J connectivity index is 1.85. The Morgan fingerprint density at radius 1 is 1.15 bits per heavy atom. The Kier molecular flexibility index (Phi) is 5.97. The molecule has 0 spiro atoms. The molecule has 1 aromatic carbocycles. The SMILES string of the molecule is CC(C)(C)OC(=O)Nc1ccc(C(=O)OCC(=O)N2CCCC2=O)cc1. The van der Waals surface area contributed by atoms with Gasteiger partial charge in [-0.2, -0.15) is 0 Å². The molecule has 0 saturated carbocycles. The maximum atomic E-state index is 12.0. The van der Waals surface area contributed by atoms with Gasteiger partial charge in [0.25, 0.3) is 5.91 Å². The molecule has 1 N–H and O–H groups in total. The van der Waals surface area contributed by atoms with Crippen molar-refractivity contribution in [2.45, 2.75) is 39.2 Å². The summed E-state index contributed by atoms with van der Waals surface area (Å²) in [5.41, 5.74) is 0.0618. The third-order valence-corrected chi connectivity index (χ3v) is 3.47. The maximum absolute atomic E-state index is 12.0. The van der Waals surface area contributed by atoms with Crippen molar-refractivity contribution in [1.82, 2.24) is 4.90 Å². The van der Waals surface area contributed by atoms with Crippen LogP contribution < -0.4 is 5.32 Å². The predicted molar refractivity (Wildman–Crippen MR) is 92.5 cm³/mol. The van der Waals surface area contributed by atoms with Crippen LogP contribution in [-0.2, 0) is 19.1 Å². The van der Waals surface area contributed by atoms with E-state index in [1.54, 1.807) is 20.8 Å². The first-order valence-electron chi connectivity index (χ1n) is 8.26. The summed E-state index contributed by atoms with van der Waals surface area (Å²) in [6.07, 6.45) is 0.366. The molecule has 1 aromatic rings. The van der Waals surface area contributed by atoms with Crippen LogP contribution in [0.3, 0.4) is 0 Å². The van der Waals surface area contributed by atoms with Gasteiger partial charge in [0.15, 0.2) is 6.61 Å². The number of esters is 1. The van der Waals surface area contributed by atoms with E-state index in [0.29, 0.717) is 25.1 Å². The lowest BCUT2D eigenvalue weighted by atomic mass is 10.2. The number of carbonyl (C=O) groups is 4. The van der Waals surface area contributed by atoms with Crippen molar-refractivity contribution in [3.8, 4) is 0 Å². The zero-order valence-corrected chi connectivity index (χ0v) is 15.0. The number of anilines is 1. The molecule has 1 aliphatic rings. The van der Waals surface area contributed by atoms with Crippen LogP contribution in [0.2, 0.25) is 0 Å². The standard InChI is InChI=1S/C18H22N2O6/c1-18(2,3)26-17(24)19-13-8-6-12(7-9-13)16(23)25-11-15(22)20-10-4-5-14(20)21/h6-9H,4-5,10-11H2,1-3H3,(H,19,24). The summed E-state index contributed by atoms with van der Waals surface area (Å²) in [6, 6.07) is 5.96. The number of rotatable bonds is 4. The Morgan fingerprint density at radius 3 is 2.35 bits per heavy atom. The van der Waals surface area contributed by atoms with E-state index in [-0.39, 0.29) is 11.5 Å². The van der Waals surface area contributed by atoms with Crippen LogP contribution in [0, 0.1) is 0 Å². The van der Waals surface area contributed by atoms with Crippen molar-refractivity contribution in [2.75, 3.05) is 18.5 Å². The average Bonchev–Trinajstić information content (AvgIpc) is 2.97. The van der Waals surface area contributed by atoms with E-state index >= 15 is 0 Å². The van der Waals surface area contributed by atoms with Crippen LogP contribution in [-0.4, -0.2) is 47.5 Å². The zero-order chi connectivity index (χ0) is 19.3. The Bertz CT molecular complexity index is 705. The minimum Gasteiger partial charge on any atom is -0.452 e. The quantitative estimate of drug-likeness (QED) is 0.825. The van der Waals surface area contributed by atoms with Gasteiger partial charge in [-0.25, -0.2) is 9.59 Å². The van der Waals surface area contributed by atoms with Crippen molar-refractivity contribution in [2.24, 2.45) is 0 Å². The number of hydrogen-bond acceptors (Lipinski definition) is 6. The zero-order valence-electron chi connectivity index (χ0n) is 15.0. The second-order valence-electron chi connectivity index (χ2n) is 6.82. The molecule has 0 atom stereocenters. The van der Waals surface area contributed by atoms with E-state index < -0.39 is 30.2 Å². The molecule has 8 heteroatoms. The topological polar surface area (TPSA) is 102 Å². The molecule has 140 valence electrons. The van der Waals surface area contributed by atoms with Crippen LogP contribution in [0.15, 0.2) is 24.3 Å². The number of benzene rings is 1. The van der Waals surface area contributed by atoms with Crippen molar-refractivity contribution in [3.05, 3.63) is 29.8 Å². The number of carbonyl (C=O) groups excluding carboxylic acids is 4. The molecule has 1 aliphatic heterocycles. The molecule has 3 amide bonds. The summed E-state index contributed by atoms with van der Waals surface area (Å²) in [7, 11) is 0. The Morgan fingerprint density at radius 2 is 1.81 bits per heavy atom. The number of nitrogens with zero attached hydrogens (tertiary/aromatic N) is 1. The van der Waals surface area contributed by atoms with E-state index in [2.05, 4.69) is 5.32 Å². The summed E-state index contributed by atoms with van der Waals surface area (Å²) in [6.45, 7) is 5.14. The summed E-state index contributed by atoms with van der Waals surface area (Å²) >= 11 is 0. The van der Waals surface area contributed by atoms with Gasteiger partial charge in [-0.05, 0) is 51.5 Å². The molecule has 0 bridgehead atoms. The number of amides is 3. The molecule has 1 fully saturated rings. The molecule has 1 heterocycles. The third-order valence-electron chi connectivity index (χ3n) is 3.47. The molecule has 8 nitrogen and oxygen atoms in total. The van der Waals surface area contributed by atoms with Gasteiger partial charge >= 0.3 is 12.1 Å². The fraction of sp³-hybridized carbons (Fsp3) is 0.444. The number of imide groups is 1. The number of likely N-dealkylation sites (tertiary alicyclic amines) is 1. The highest BCUT2D eigenvalue weighted by Crippen LogP contribution is 2.14. The van der Waals surface area contributed by atoms with Gasteiger partial charge < -0.3 is 9.47 Å². The molecule has 1 saturated heterocycles. The van der Waals surface area contributed by atoms with Gasteiger partial charge in [0, 0.05) is 18.7 Å². The van der Waals surface area contributed by atoms with E-state index in [0.717, 1.165) is 4.90 Å². The monoisotopic (exact) mass is 362 g/mol. The lowest BCUT2D eigenvalue weighted by Crippen LogP contribution is -2.35. The van der Waals surface area contributed by atoms with Crippen molar-refractivity contribution in [3.63, 3.8) is 0 Å².